The molecule has 5 nitrogen and oxygen atoms in total. The van der Waals surface area contributed by atoms with Crippen LogP contribution in [0.15, 0.2) is 0 Å². The van der Waals surface area contributed by atoms with Crippen LogP contribution in [0.25, 0.3) is 0 Å². The van der Waals surface area contributed by atoms with Gasteiger partial charge in [-0.3, -0.25) is 9.59 Å². The molecule has 5 heteroatoms. The zero-order valence-electron chi connectivity index (χ0n) is 13.8. The second-order valence-electron chi connectivity index (χ2n) is 7.40. The van der Waals surface area contributed by atoms with Gasteiger partial charge in [-0.25, -0.2) is 0 Å². The summed E-state index contributed by atoms with van der Waals surface area (Å²) < 4.78 is 0. The second-order valence-corrected chi connectivity index (χ2v) is 7.40. The van der Waals surface area contributed by atoms with Crippen molar-refractivity contribution >= 4 is 11.9 Å². The van der Waals surface area contributed by atoms with E-state index in [1.807, 2.05) is 0 Å². The van der Waals surface area contributed by atoms with Gasteiger partial charge in [0.05, 0.1) is 12.0 Å². The van der Waals surface area contributed by atoms with Crippen LogP contribution in [-0.2, 0) is 9.59 Å². The molecule has 3 N–H and O–H groups in total. The quantitative estimate of drug-likeness (QED) is 0.674. The van der Waals surface area contributed by atoms with E-state index in [-0.39, 0.29) is 23.8 Å². The zero-order chi connectivity index (χ0) is 16.1. The van der Waals surface area contributed by atoms with Gasteiger partial charge in [0.1, 0.15) is 0 Å². The maximum atomic E-state index is 12.7. The normalized spacial score (nSPS) is 23.8. The smallest absolute Gasteiger partial charge is 0.305 e. The molecule has 1 fully saturated rings. The summed E-state index contributed by atoms with van der Waals surface area (Å²) in [5.41, 5.74) is -0.516. The number of aliphatic carboxylic acids is 1. The largest absolute Gasteiger partial charge is 0.481 e. The average Bonchev–Trinajstić information content (AvgIpc) is 2.76. The molecule has 0 aromatic heterocycles. The molecule has 0 spiro atoms. The highest BCUT2D eigenvalue weighted by Gasteiger charge is 2.41. The van der Waals surface area contributed by atoms with Gasteiger partial charge in [0, 0.05) is 6.04 Å². The summed E-state index contributed by atoms with van der Waals surface area (Å²) in [4.78, 5) is 23.7. The van der Waals surface area contributed by atoms with E-state index in [1.165, 1.54) is 0 Å². The van der Waals surface area contributed by atoms with Gasteiger partial charge in [0.25, 0.3) is 0 Å². The van der Waals surface area contributed by atoms with Gasteiger partial charge in [0.2, 0.25) is 5.91 Å². The Hall–Kier alpha value is -1.10. The lowest BCUT2D eigenvalue weighted by atomic mass is 9.85. The molecular weight excluding hydrogens is 268 g/mol. The number of carbonyl (C=O) groups excluding carboxylic acids is 1. The molecule has 1 rings (SSSR count). The Morgan fingerprint density at radius 2 is 2.05 bits per heavy atom. The topological polar surface area (TPSA) is 78.4 Å². The van der Waals surface area contributed by atoms with E-state index in [9.17, 15) is 9.59 Å². The summed E-state index contributed by atoms with van der Waals surface area (Å²) in [6.07, 6.45) is 4.20. The van der Waals surface area contributed by atoms with Crippen molar-refractivity contribution in [1.82, 2.24) is 10.6 Å². The maximum Gasteiger partial charge on any atom is 0.305 e. The lowest BCUT2D eigenvalue weighted by molar-refractivity contribution is -0.138. The molecule has 1 heterocycles. The summed E-state index contributed by atoms with van der Waals surface area (Å²) in [5, 5.41) is 15.4. The predicted molar refractivity (Wildman–Crippen MR) is 83.1 cm³/mol. The van der Waals surface area contributed by atoms with Crippen LogP contribution >= 0.6 is 0 Å². The maximum absolute atomic E-state index is 12.7. The highest BCUT2D eigenvalue weighted by Crippen LogP contribution is 2.27. The molecule has 0 aromatic carbocycles. The first-order valence-electron chi connectivity index (χ1n) is 7.96. The molecule has 1 aliphatic rings. The molecule has 1 aliphatic heterocycles. The van der Waals surface area contributed by atoms with Gasteiger partial charge in [-0.1, -0.05) is 34.1 Å². The monoisotopic (exact) mass is 298 g/mol. The van der Waals surface area contributed by atoms with E-state index >= 15 is 0 Å². The van der Waals surface area contributed by atoms with E-state index in [1.54, 1.807) is 0 Å². The van der Waals surface area contributed by atoms with Crippen LogP contribution in [0.3, 0.4) is 0 Å². The standard InChI is InChI=1S/C16H30N2O3/c1-5-7-16(8-6-9-17-16)14(21)18-12(10-13(19)20)11-15(2,3)4/h12,17H,5-11H2,1-4H3,(H,18,21)(H,19,20). The predicted octanol–water partition coefficient (Wildman–Crippen LogP) is 2.30. The van der Waals surface area contributed by atoms with Gasteiger partial charge >= 0.3 is 5.97 Å². The van der Waals surface area contributed by atoms with Crippen molar-refractivity contribution in [3.63, 3.8) is 0 Å². The van der Waals surface area contributed by atoms with Gasteiger partial charge < -0.3 is 15.7 Å². The van der Waals surface area contributed by atoms with Gasteiger partial charge in [-0.15, -0.1) is 0 Å². The molecule has 0 aromatic rings. The average molecular weight is 298 g/mol. The van der Waals surface area contributed by atoms with E-state index in [2.05, 4.69) is 38.3 Å². The summed E-state index contributed by atoms with van der Waals surface area (Å²) in [6.45, 7) is 9.10. The van der Waals surface area contributed by atoms with Crippen molar-refractivity contribution in [2.24, 2.45) is 5.41 Å². The van der Waals surface area contributed by atoms with Crippen LogP contribution in [0.4, 0.5) is 0 Å². The lowest BCUT2D eigenvalue weighted by Gasteiger charge is -2.32. The highest BCUT2D eigenvalue weighted by molar-refractivity contribution is 5.87. The summed E-state index contributed by atoms with van der Waals surface area (Å²) in [7, 11) is 0. The summed E-state index contributed by atoms with van der Waals surface area (Å²) in [6, 6.07) is -0.314. The van der Waals surface area contributed by atoms with Crippen LogP contribution in [-0.4, -0.2) is 35.1 Å². The van der Waals surface area contributed by atoms with Crippen molar-refractivity contribution in [2.45, 2.75) is 77.8 Å². The zero-order valence-corrected chi connectivity index (χ0v) is 13.8. The van der Waals surface area contributed by atoms with Gasteiger partial charge in [-0.05, 0) is 37.6 Å². The van der Waals surface area contributed by atoms with Crippen molar-refractivity contribution in [1.29, 1.82) is 0 Å². The van der Waals surface area contributed by atoms with Crippen molar-refractivity contribution in [3.05, 3.63) is 0 Å². The molecule has 2 unspecified atom stereocenters. The first-order valence-corrected chi connectivity index (χ1v) is 7.96. The van der Waals surface area contributed by atoms with Gasteiger partial charge in [-0.2, -0.15) is 0 Å². The fourth-order valence-electron chi connectivity index (χ4n) is 3.20. The SMILES string of the molecule is CCCC1(C(=O)NC(CC(=O)O)CC(C)(C)C)CCCN1. The molecule has 1 saturated heterocycles. The van der Waals surface area contributed by atoms with Crippen molar-refractivity contribution in [3.8, 4) is 0 Å². The Bertz CT molecular complexity index is 368. The number of rotatable bonds is 7. The molecule has 2 atom stereocenters. The van der Waals surface area contributed by atoms with Crippen LogP contribution in [0.1, 0.15) is 66.2 Å². The third-order valence-corrected chi connectivity index (χ3v) is 3.97. The van der Waals surface area contributed by atoms with Gasteiger partial charge in [0.15, 0.2) is 0 Å². The minimum absolute atomic E-state index is 0.0194. The van der Waals surface area contributed by atoms with E-state index in [0.29, 0.717) is 6.42 Å². The first-order chi connectivity index (χ1) is 9.68. The third-order valence-electron chi connectivity index (χ3n) is 3.97. The summed E-state index contributed by atoms with van der Waals surface area (Å²) >= 11 is 0. The van der Waals surface area contributed by atoms with Crippen molar-refractivity contribution in [2.75, 3.05) is 6.54 Å². The number of carboxylic acid groups (broad SMARTS) is 1. The Morgan fingerprint density at radius 3 is 2.48 bits per heavy atom. The number of nitrogens with one attached hydrogen (secondary N) is 2. The molecule has 1 amide bonds. The molecule has 0 radical (unpaired) electrons. The van der Waals surface area contributed by atoms with Crippen molar-refractivity contribution < 1.29 is 14.7 Å². The Kier molecular flexibility index (Phi) is 6.20. The van der Waals surface area contributed by atoms with Crippen LogP contribution in [0.5, 0.6) is 0 Å². The highest BCUT2D eigenvalue weighted by atomic mass is 16.4. The number of carbonyl (C=O) groups is 2. The fourth-order valence-corrected chi connectivity index (χ4v) is 3.20. The minimum atomic E-state index is -0.867. The molecular formula is C16H30N2O3. The molecule has 122 valence electrons. The fraction of sp³-hybridized carbons (Fsp3) is 0.875. The Balaban J connectivity index is 2.76. The molecule has 0 aliphatic carbocycles. The minimum Gasteiger partial charge on any atom is -0.481 e. The molecule has 21 heavy (non-hydrogen) atoms. The summed E-state index contributed by atoms with van der Waals surface area (Å²) in [5.74, 6) is -0.897. The number of hydrogen-bond donors (Lipinski definition) is 3. The number of amides is 1. The van der Waals surface area contributed by atoms with E-state index in [4.69, 9.17) is 5.11 Å². The third kappa shape index (κ3) is 5.65. The van der Waals surface area contributed by atoms with Crippen LogP contribution in [0.2, 0.25) is 0 Å². The lowest BCUT2D eigenvalue weighted by Crippen LogP contribution is -2.56. The number of hydrogen-bond acceptors (Lipinski definition) is 3. The second kappa shape index (κ2) is 7.25. The van der Waals surface area contributed by atoms with E-state index in [0.717, 1.165) is 32.2 Å². The van der Waals surface area contributed by atoms with Crippen LogP contribution in [0, 0.1) is 5.41 Å². The number of carboxylic acids is 1. The van der Waals surface area contributed by atoms with Crippen LogP contribution < -0.4 is 10.6 Å². The molecule has 0 saturated carbocycles. The Morgan fingerprint density at radius 1 is 1.38 bits per heavy atom. The molecule has 0 bridgehead atoms. The Labute approximate surface area is 127 Å². The first kappa shape index (κ1) is 18.0. The van der Waals surface area contributed by atoms with E-state index < -0.39 is 11.5 Å².